The molecule has 0 radical (unpaired) electrons. The second-order valence-corrected chi connectivity index (χ2v) is 4.95. The van der Waals surface area contributed by atoms with Crippen molar-refractivity contribution < 1.29 is 9.59 Å². The smallest absolute Gasteiger partial charge is 0.331 e. The van der Waals surface area contributed by atoms with Gasteiger partial charge in [-0.25, -0.2) is 4.79 Å². The summed E-state index contributed by atoms with van der Waals surface area (Å²) in [5.41, 5.74) is 2.42. The lowest BCUT2D eigenvalue weighted by Gasteiger charge is -2.07. The van der Waals surface area contributed by atoms with Crippen molar-refractivity contribution in [3.05, 3.63) is 41.7 Å². The molecule has 0 spiro atoms. The number of aromatic nitrogens is 1. The van der Waals surface area contributed by atoms with E-state index in [-0.39, 0.29) is 11.9 Å². The van der Waals surface area contributed by atoms with Crippen molar-refractivity contribution in [1.29, 1.82) is 0 Å². The first-order chi connectivity index (χ1) is 9.50. The van der Waals surface area contributed by atoms with Crippen LogP contribution >= 0.6 is 0 Å². The van der Waals surface area contributed by atoms with Crippen LogP contribution in [0.3, 0.4) is 0 Å². The van der Waals surface area contributed by atoms with Crippen LogP contribution in [0.4, 0.5) is 4.79 Å². The van der Waals surface area contributed by atoms with E-state index in [2.05, 4.69) is 0 Å². The highest BCUT2D eigenvalue weighted by Crippen LogP contribution is 2.26. The monoisotopic (exact) mass is 269 g/mol. The highest BCUT2D eigenvalue weighted by atomic mass is 16.2. The Balaban J connectivity index is 2.16. The molecule has 2 aromatic rings. The van der Waals surface area contributed by atoms with Gasteiger partial charge in [-0.05, 0) is 12.1 Å². The predicted molar refractivity (Wildman–Crippen MR) is 76.8 cm³/mol. The maximum Gasteiger partial charge on any atom is 0.331 e. The fraction of sp³-hybridized carbons (Fsp3) is 0.200. The number of carbonyl (C=O) groups is 2. The van der Waals surface area contributed by atoms with Crippen molar-refractivity contribution in [2.45, 2.75) is 0 Å². The van der Waals surface area contributed by atoms with Crippen LogP contribution < -0.4 is 0 Å². The van der Waals surface area contributed by atoms with Crippen LogP contribution in [0.5, 0.6) is 0 Å². The van der Waals surface area contributed by atoms with Gasteiger partial charge < -0.3 is 4.57 Å². The number of fused-ring (bicyclic) bond motifs is 1. The molecule has 0 aliphatic carbocycles. The third-order valence-electron chi connectivity index (χ3n) is 3.68. The fourth-order valence-corrected chi connectivity index (χ4v) is 2.52. The van der Waals surface area contributed by atoms with E-state index in [1.54, 1.807) is 13.1 Å². The first kappa shape index (κ1) is 12.5. The largest absolute Gasteiger partial charge is 0.350 e. The van der Waals surface area contributed by atoms with Crippen LogP contribution in [0.15, 0.2) is 36.2 Å². The summed E-state index contributed by atoms with van der Waals surface area (Å²) in [6.07, 6.45) is 3.73. The van der Waals surface area contributed by atoms with E-state index in [1.807, 2.05) is 42.1 Å². The average Bonchev–Trinajstić information content (AvgIpc) is 2.86. The maximum atomic E-state index is 12.1. The summed E-state index contributed by atoms with van der Waals surface area (Å²) in [6, 6.07) is 7.66. The van der Waals surface area contributed by atoms with Gasteiger partial charge in [0.2, 0.25) is 0 Å². The van der Waals surface area contributed by atoms with E-state index in [4.69, 9.17) is 0 Å². The highest BCUT2D eigenvalue weighted by Gasteiger charge is 2.35. The molecule has 102 valence electrons. The van der Waals surface area contributed by atoms with Gasteiger partial charge in [0, 0.05) is 43.8 Å². The molecule has 1 aliphatic heterocycles. The second kappa shape index (κ2) is 4.23. The Hall–Kier alpha value is -2.56. The van der Waals surface area contributed by atoms with Crippen molar-refractivity contribution in [2.75, 3.05) is 14.1 Å². The van der Waals surface area contributed by atoms with Crippen molar-refractivity contribution in [3.8, 4) is 0 Å². The molecule has 0 bridgehead atoms. The van der Waals surface area contributed by atoms with Crippen LogP contribution in [0, 0.1) is 0 Å². The molecular weight excluding hydrogens is 254 g/mol. The van der Waals surface area contributed by atoms with E-state index in [0.717, 1.165) is 21.4 Å². The van der Waals surface area contributed by atoms with Crippen LogP contribution in [0.1, 0.15) is 5.56 Å². The zero-order valence-corrected chi connectivity index (χ0v) is 11.6. The zero-order valence-electron chi connectivity index (χ0n) is 11.6. The predicted octanol–water partition coefficient (Wildman–Crippen LogP) is 2.04. The fourth-order valence-electron chi connectivity index (χ4n) is 2.52. The number of carbonyl (C=O) groups excluding carboxylic acids is 2. The van der Waals surface area contributed by atoms with Gasteiger partial charge in [-0.1, -0.05) is 18.2 Å². The summed E-state index contributed by atoms with van der Waals surface area (Å²) in [7, 11) is 5.06. The summed E-state index contributed by atoms with van der Waals surface area (Å²) in [4.78, 5) is 26.3. The Labute approximate surface area is 116 Å². The molecule has 0 unspecified atom stereocenters. The molecule has 3 rings (SSSR count). The summed E-state index contributed by atoms with van der Waals surface area (Å²) in [5, 5.41) is 1.06. The maximum absolute atomic E-state index is 12.1. The number of hydrogen-bond acceptors (Lipinski definition) is 2. The molecule has 1 aliphatic rings. The summed E-state index contributed by atoms with van der Waals surface area (Å²) < 4.78 is 2.01. The van der Waals surface area contributed by atoms with Gasteiger partial charge in [0.05, 0.1) is 0 Å². The Morgan fingerprint density at radius 1 is 1.00 bits per heavy atom. The van der Waals surface area contributed by atoms with E-state index in [9.17, 15) is 9.59 Å². The van der Waals surface area contributed by atoms with Gasteiger partial charge in [-0.2, -0.15) is 0 Å². The van der Waals surface area contributed by atoms with Crippen molar-refractivity contribution in [2.24, 2.45) is 7.05 Å². The molecular formula is C15H15N3O2. The number of amides is 3. The lowest BCUT2D eigenvalue weighted by molar-refractivity contribution is -0.122. The lowest BCUT2D eigenvalue weighted by atomic mass is 10.1. The Morgan fingerprint density at radius 3 is 2.35 bits per heavy atom. The van der Waals surface area contributed by atoms with Gasteiger partial charge in [-0.3, -0.25) is 14.6 Å². The van der Waals surface area contributed by atoms with Gasteiger partial charge in [0.25, 0.3) is 5.91 Å². The third kappa shape index (κ3) is 1.63. The first-order valence-electron chi connectivity index (χ1n) is 6.32. The molecule has 2 heterocycles. The number of benzene rings is 1. The normalized spacial score (nSPS) is 17.9. The molecule has 0 saturated carbocycles. The molecule has 0 atom stereocenters. The van der Waals surface area contributed by atoms with E-state index < -0.39 is 0 Å². The van der Waals surface area contributed by atoms with Gasteiger partial charge in [0.1, 0.15) is 5.70 Å². The molecule has 1 aromatic heterocycles. The molecule has 5 heteroatoms. The number of hydrogen-bond donors (Lipinski definition) is 0. The second-order valence-electron chi connectivity index (χ2n) is 4.95. The molecule has 1 saturated heterocycles. The zero-order chi connectivity index (χ0) is 14.4. The van der Waals surface area contributed by atoms with Crippen LogP contribution in [-0.2, 0) is 11.8 Å². The summed E-state index contributed by atoms with van der Waals surface area (Å²) in [5.74, 6) is -0.273. The number of para-hydroxylation sites is 1. The number of imide groups is 1. The standard InChI is InChI=1S/C15H15N3O2/c1-16-9-10(11-6-4-5-7-12(11)16)8-13-14(19)18(3)15(20)17(13)2/h4-9H,1-3H3/b13-8+. The molecule has 1 aromatic carbocycles. The van der Waals surface area contributed by atoms with Gasteiger partial charge in [-0.15, -0.1) is 0 Å². The molecule has 20 heavy (non-hydrogen) atoms. The minimum absolute atomic E-state index is 0.273. The van der Waals surface area contributed by atoms with Crippen molar-refractivity contribution >= 4 is 28.9 Å². The molecule has 3 amide bonds. The molecule has 1 fully saturated rings. The first-order valence-corrected chi connectivity index (χ1v) is 6.32. The molecule has 0 N–H and O–H groups in total. The van der Waals surface area contributed by atoms with Crippen molar-refractivity contribution in [3.63, 3.8) is 0 Å². The Kier molecular flexibility index (Phi) is 2.64. The molecule has 5 nitrogen and oxygen atoms in total. The number of nitrogens with zero attached hydrogens (tertiary/aromatic N) is 3. The van der Waals surface area contributed by atoms with E-state index in [1.165, 1.54) is 11.9 Å². The topological polar surface area (TPSA) is 45.6 Å². The van der Waals surface area contributed by atoms with Crippen molar-refractivity contribution in [1.82, 2.24) is 14.4 Å². The minimum Gasteiger partial charge on any atom is -0.350 e. The quantitative estimate of drug-likeness (QED) is 0.587. The lowest BCUT2D eigenvalue weighted by Crippen LogP contribution is -2.27. The van der Waals surface area contributed by atoms with Crippen LogP contribution in [-0.4, -0.2) is 40.4 Å². The van der Waals surface area contributed by atoms with Gasteiger partial charge in [0.15, 0.2) is 0 Å². The van der Waals surface area contributed by atoms with Crippen LogP contribution in [0.2, 0.25) is 0 Å². The van der Waals surface area contributed by atoms with Crippen LogP contribution in [0.25, 0.3) is 17.0 Å². The summed E-state index contributed by atoms with van der Waals surface area (Å²) >= 11 is 0. The average molecular weight is 269 g/mol. The SMILES string of the molecule is CN1C(=O)/C(=C\c2cn(C)c3ccccc23)N(C)C1=O. The Bertz CT molecular complexity index is 758. The Morgan fingerprint density at radius 2 is 1.70 bits per heavy atom. The summed E-state index contributed by atoms with van der Waals surface area (Å²) in [6.45, 7) is 0. The number of aryl methyl sites for hydroxylation is 1. The third-order valence-corrected chi connectivity index (χ3v) is 3.68. The number of urea groups is 1. The highest BCUT2D eigenvalue weighted by molar-refractivity contribution is 6.14. The van der Waals surface area contributed by atoms with E-state index in [0.29, 0.717) is 5.70 Å². The number of likely N-dealkylation sites (N-methyl/N-ethyl adjacent to an activating group) is 2. The van der Waals surface area contributed by atoms with Gasteiger partial charge >= 0.3 is 6.03 Å². The minimum atomic E-state index is -0.304. The van der Waals surface area contributed by atoms with E-state index >= 15 is 0 Å². The number of rotatable bonds is 1.